The third-order valence-corrected chi connectivity index (χ3v) is 3.92. The van der Waals surface area contributed by atoms with Crippen molar-refractivity contribution in [2.75, 3.05) is 13.0 Å². The first-order valence-electron chi connectivity index (χ1n) is 6.44. The molecule has 0 N–H and O–H groups in total. The highest BCUT2D eigenvalue weighted by atomic mass is 35.5. The molecule has 3 nitrogen and oxygen atoms in total. The van der Waals surface area contributed by atoms with Gasteiger partial charge in [0, 0.05) is 24.4 Å². The molecule has 96 valence electrons. The van der Waals surface area contributed by atoms with E-state index in [4.69, 9.17) is 21.3 Å². The number of rotatable bonds is 4. The second-order valence-corrected chi connectivity index (χ2v) is 5.15. The number of methoxy groups -OCH3 is 1. The molecular formula is C14H17ClN2O. The van der Waals surface area contributed by atoms with Crippen molar-refractivity contribution in [1.82, 2.24) is 9.55 Å². The maximum absolute atomic E-state index is 5.88. The number of hydrogen-bond donors (Lipinski definition) is 0. The molecule has 0 radical (unpaired) electrons. The average Bonchev–Trinajstić information content (AvgIpc) is 2.66. The topological polar surface area (TPSA) is 27.1 Å². The molecule has 1 aliphatic rings. The van der Waals surface area contributed by atoms with Gasteiger partial charge in [-0.15, -0.1) is 11.6 Å². The number of alkyl halides is 1. The van der Waals surface area contributed by atoms with Crippen LogP contribution in [0.4, 0.5) is 0 Å². The normalized spacial score (nSPS) is 15.9. The van der Waals surface area contributed by atoms with Crippen LogP contribution in [0.1, 0.15) is 31.1 Å². The molecule has 0 atom stereocenters. The van der Waals surface area contributed by atoms with Crippen molar-refractivity contribution >= 4 is 22.6 Å². The van der Waals surface area contributed by atoms with Gasteiger partial charge >= 0.3 is 0 Å². The Labute approximate surface area is 112 Å². The molecule has 2 aromatic rings. The monoisotopic (exact) mass is 264 g/mol. The minimum Gasteiger partial charge on any atom is -0.497 e. The summed E-state index contributed by atoms with van der Waals surface area (Å²) >= 11 is 5.88. The van der Waals surface area contributed by atoms with E-state index < -0.39 is 0 Å². The van der Waals surface area contributed by atoms with Crippen molar-refractivity contribution in [1.29, 1.82) is 0 Å². The zero-order valence-corrected chi connectivity index (χ0v) is 11.3. The van der Waals surface area contributed by atoms with Gasteiger partial charge in [-0.3, -0.25) is 0 Å². The van der Waals surface area contributed by atoms with Crippen LogP contribution in [0.2, 0.25) is 0 Å². The first kappa shape index (κ1) is 11.8. The Balaban J connectivity index is 2.12. The van der Waals surface area contributed by atoms with E-state index in [2.05, 4.69) is 10.6 Å². The molecule has 18 heavy (non-hydrogen) atoms. The number of hydrogen-bond acceptors (Lipinski definition) is 2. The SMILES string of the molecule is COc1ccc2c(c1)nc(CCCl)n2C1CCC1. The summed E-state index contributed by atoms with van der Waals surface area (Å²) < 4.78 is 7.63. The van der Waals surface area contributed by atoms with E-state index in [-0.39, 0.29) is 0 Å². The molecule has 1 aliphatic carbocycles. The molecule has 1 saturated carbocycles. The average molecular weight is 265 g/mol. The summed E-state index contributed by atoms with van der Waals surface area (Å²) in [7, 11) is 1.68. The number of nitrogens with zero attached hydrogens (tertiary/aromatic N) is 2. The summed E-state index contributed by atoms with van der Waals surface area (Å²) in [5, 5.41) is 0. The van der Waals surface area contributed by atoms with Gasteiger partial charge in [-0.1, -0.05) is 0 Å². The largest absolute Gasteiger partial charge is 0.497 e. The van der Waals surface area contributed by atoms with E-state index in [0.29, 0.717) is 11.9 Å². The van der Waals surface area contributed by atoms with Crippen LogP contribution in [0.15, 0.2) is 18.2 Å². The number of ether oxygens (including phenoxy) is 1. The predicted molar refractivity (Wildman–Crippen MR) is 73.6 cm³/mol. The Bertz CT molecular complexity index is 560. The van der Waals surface area contributed by atoms with Crippen LogP contribution < -0.4 is 4.74 Å². The highest BCUT2D eigenvalue weighted by Crippen LogP contribution is 2.36. The minimum absolute atomic E-state index is 0.613. The van der Waals surface area contributed by atoms with Gasteiger partial charge in [-0.25, -0.2) is 4.98 Å². The molecule has 1 aromatic carbocycles. The summed E-state index contributed by atoms with van der Waals surface area (Å²) in [6.07, 6.45) is 4.66. The molecule has 1 fully saturated rings. The van der Waals surface area contributed by atoms with E-state index in [1.165, 1.54) is 24.8 Å². The second-order valence-electron chi connectivity index (χ2n) is 4.78. The number of imidazole rings is 1. The fourth-order valence-corrected chi connectivity index (χ4v) is 2.74. The third kappa shape index (κ3) is 1.87. The van der Waals surface area contributed by atoms with E-state index >= 15 is 0 Å². The van der Waals surface area contributed by atoms with Crippen molar-refractivity contribution in [3.05, 3.63) is 24.0 Å². The lowest BCUT2D eigenvalue weighted by molar-refractivity contribution is 0.313. The van der Waals surface area contributed by atoms with Gasteiger partial charge in [0.05, 0.1) is 18.1 Å². The molecule has 0 aliphatic heterocycles. The third-order valence-electron chi connectivity index (χ3n) is 3.73. The highest BCUT2D eigenvalue weighted by molar-refractivity contribution is 6.17. The predicted octanol–water partition coefficient (Wildman–Crippen LogP) is 3.55. The number of fused-ring (bicyclic) bond motifs is 1. The van der Waals surface area contributed by atoms with Crippen LogP contribution in [0.25, 0.3) is 11.0 Å². The van der Waals surface area contributed by atoms with Crippen molar-refractivity contribution in [2.24, 2.45) is 0 Å². The van der Waals surface area contributed by atoms with Crippen LogP contribution in [0.3, 0.4) is 0 Å². The smallest absolute Gasteiger partial charge is 0.121 e. The highest BCUT2D eigenvalue weighted by Gasteiger charge is 2.24. The quantitative estimate of drug-likeness (QED) is 0.790. The Kier molecular flexibility index (Phi) is 3.16. The number of benzene rings is 1. The number of halogens is 1. The maximum atomic E-state index is 5.88. The molecule has 0 spiro atoms. The van der Waals surface area contributed by atoms with Gasteiger partial charge in [0.1, 0.15) is 11.6 Å². The van der Waals surface area contributed by atoms with Crippen molar-refractivity contribution < 1.29 is 4.74 Å². The molecule has 0 amide bonds. The summed E-state index contributed by atoms with van der Waals surface area (Å²) in [6.45, 7) is 0. The van der Waals surface area contributed by atoms with Crippen LogP contribution >= 0.6 is 11.6 Å². The van der Waals surface area contributed by atoms with Gasteiger partial charge in [0.25, 0.3) is 0 Å². The molecule has 0 saturated heterocycles. The Morgan fingerprint density at radius 1 is 1.44 bits per heavy atom. The standard InChI is InChI=1S/C14H17ClN2O/c1-18-11-5-6-13-12(9-11)16-14(7-8-15)17(13)10-3-2-4-10/h5-6,9-10H,2-4,7-8H2,1H3. The molecule has 4 heteroatoms. The van der Waals surface area contributed by atoms with Crippen molar-refractivity contribution in [3.63, 3.8) is 0 Å². The molecule has 0 bridgehead atoms. The fraction of sp³-hybridized carbons (Fsp3) is 0.500. The lowest BCUT2D eigenvalue weighted by atomic mass is 9.92. The van der Waals surface area contributed by atoms with Crippen molar-refractivity contribution in [3.8, 4) is 5.75 Å². The number of aryl methyl sites for hydroxylation is 1. The van der Waals surface area contributed by atoms with Gasteiger partial charge in [0.2, 0.25) is 0 Å². The first-order chi connectivity index (χ1) is 8.83. The van der Waals surface area contributed by atoms with Crippen LogP contribution in [0, 0.1) is 0 Å². The lowest BCUT2D eigenvalue weighted by Gasteiger charge is -2.29. The molecule has 1 heterocycles. The van der Waals surface area contributed by atoms with E-state index in [1.54, 1.807) is 7.11 Å². The van der Waals surface area contributed by atoms with Gasteiger partial charge in [-0.2, -0.15) is 0 Å². The summed E-state index contributed by atoms with van der Waals surface area (Å²) in [4.78, 5) is 4.71. The Hall–Kier alpha value is -1.22. The van der Waals surface area contributed by atoms with E-state index in [9.17, 15) is 0 Å². The number of aromatic nitrogens is 2. The second kappa shape index (κ2) is 4.81. The molecule has 3 rings (SSSR count). The summed E-state index contributed by atoms with van der Waals surface area (Å²) in [6, 6.07) is 6.73. The van der Waals surface area contributed by atoms with E-state index in [1.807, 2.05) is 12.1 Å². The Morgan fingerprint density at radius 2 is 2.28 bits per heavy atom. The summed E-state index contributed by atoms with van der Waals surface area (Å²) in [5.41, 5.74) is 2.22. The van der Waals surface area contributed by atoms with Crippen LogP contribution in [-0.4, -0.2) is 22.5 Å². The Morgan fingerprint density at radius 3 is 2.89 bits per heavy atom. The lowest BCUT2D eigenvalue weighted by Crippen LogP contribution is -2.19. The maximum Gasteiger partial charge on any atom is 0.121 e. The van der Waals surface area contributed by atoms with Crippen LogP contribution in [0.5, 0.6) is 5.75 Å². The fourth-order valence-electron chi connectivity index (χ4n) is 2.57. The van der Waals surface area contributed by atoms with Gasteiger partial charge < -0.3 is 9.30 Å². The zero-order valence-electron chi connectivity index (χ0n) is 10.5. The zero-order chi connectivity index (χ0) is 12.5. The van der Waals surface area contributed by atoms with Gasteiger partial charge in [0.15, 0.2) is 0 Å². The van der Waals surface area contributed by atoms with Crippen molar-refractivity contribution in [2.45, 2.75) is 31.7 Å². The molecular weight excluding hydrogens is 248 g/mol. The first-order valence-corrected chi connectivity index (χ1v) is 6.97. The minimum atomic E-state index is 0.613. The molecule has 0 unspecified atom stereocenters. The van der Waals surface area contributed by atoms with Crippen LogP contribution in [-0.2, 0) is 6.42 Å². The van der Waals surface area contributed by atoms with E-state index in [0.717, 1.165) is 23.5 Å². The molecule has 1 aromatic heterocycles. The van der Waals surface area contributed by atoms with Gasteiger partial charge in [-0.05, 0) is 31.4 Å². The summed E-state index contributed by atoms with van der Waals surface area (Å²) in [5.74, 6) is 2.59.